The molecule has 1 aliphatic heterocycles. The first kappa shape index (κ1) is 15.2. The Hall–Kier alpha value is -2.15. The molecule has 1 atom stereocenters. The van der Waals surface area contributed by atoms with Crippen LogP contribution in [0.15, 0.2) is 18.2 Å². The Kier molecular flexibility index (Phi) is 4.74. The van der Waals surface area contributed by atoms with E-state index in [1.807, 2.05) is 7.05 Å². The molecule has 3 N–H and O–H groups in total. The average Bonchev–Trinajstić information content (AvgIpc) is 2.84. The number of amides is 2. The number of benzene rings is 1. The Labute approximate surface area is 121 Å². The number of hydrogen-bond acceptors (Lipinski definition) is 3. The molecule has 1 aromatic rings. The van der Waals surface area contributed by atoms with Gasteiger partial charge in [0.1, 0.15) is 5.82 Å². The Morgan fingerprint density at radius 2 is 2.24 bits per heavy atom. The van der Waals surface area contributed by atoms with Gasteiger partial charge in [0.05, 0.1) is 11.3 Å². The van der Waals surface area contributed by atoms with Gasteiger partial charge in [-0.25, -0.2) is 14.0 Å². The number of hydrogen-bond donors (Lipinski definition) is 3. The number of carboxylic acids is 1. The molecule has 1 unspecified atom stereocenters. The molecule has 2 rings (SSSR count). The minimum atomic E-state index is -1.29. The molecule has 0 bridgehead atoms. The predicted octanol–water partition coefficient (Wildman–Crippen LogP) is 1.60. The number of halogens is 1. The summed E-state index contributed by atoms with van der Waals surface area (Å²) in [5, 5.41) is 14.1. The van der Waals surface area contributed by atoms with Crippen molar-refractivity contribution in [1.29, 1.82) is 0 Å². The number of nitrogens with one attached hydrogen (secondary N) is 2. The summed E-state index contributed by atoms with van der Waals surface area (Å²) in [6.45, 7) is 2.46. The number of urea groups is 1. The lowest BCUT2D eigenvalue weighted by Crippen LogP contribution is -2.34. The van der Waals surface area contributed by atoms with Crippen LogP contribution in [0.5, 0.6) is 0 Å². The number of carboxylic acid groups (broad SMARTS) is 1. The highest BCUT2D eigenvalue weighted by Crippen LogP contribution is 2.17. The number of nitrogens with zero attached hydrogens (tertiary/aromatic N) is 1. The maximum atomic E-state index is 13.0. The van der Waals surface area contributed by atoms with Crippen molar-refractivity contribution in [2.75, 3.05) is 32.0 Å². The van der Waals surface area contributed by atoms with Gasteiger partial charge in [-0.2, -0.15) is 0 Å². The molecule has 1 heterocycles. The van der Waals surface area contributed by atoms with Gasteiger partial charge in [-0.15, -0.1) is 0 Å². The first-order chi connectivity index (χ1) is 9.95. The Bertz CT molecular complexity index is 550. The summed E-state index contributed by atoms with van der Waals surface area (Å²) in [5.41, 5.74) is -0.198. The standard InChI is InChI=1S/C14H18FN3O3/c1-18-5-4-9(8-18)7-16-14(21)17-12-3-2-10(15)6-11(12)13(19)20/h2-3,6,9H,4-5,7-8H2,1H3,(H,19,20)(H2,16,17,21). The van der Waals surface area contributed by atoms with Gasteiger partial charge in [-0.3, -0.25) is 0 Å². The summed E-state index contributed by atoms with van der Waals surface area (Å²) in [5.74, 6) is -1.55. The van der Waals surface area contributed by atoms with Crippen LogP contribution in [-0.2, 0) is 0 Å². The summed E-state index contributed by atoms with van der Waals surface area (Å²) in [6.07, 6.45) is 1.02. The molecule has 0 radical (unpaired) electrons. The van der Waals surface area contributed by atoms with Crippen LogP contribution < -0.4 is 10.6 Å². The summed E-state index contributed by atoms with van der Waals surface area (Å²) in [7, 11) is 2.03. The molecule has 7 heteroatoms. The van der Waals surface area contributed by atoms with E-state index >= 15 is 0 Å². The topological polar surface area (TPSA) is 81.7 Å². The van der Waals surface area contributed by atoms with Gasteiger partial charge in [-0.05, 0) is 44.1 Å². The zero-order chi connectivity index (χ0) is 15.4. The molecule has 0 spiro atoms. The van der Waals surface area contributed by atoms with E-state index in [0.29, 0.717) is 12.5 Å². The maximum absolute atomic E-state index is 13.0. The fourth-order valence-corrected chi connectivity index (χ4v) is 2.40. The highest BCUT2D eigenvalue weighted by Gasteiger charge is 2.20. The van der Waals surface area contributed by atoms with E-state index in [1.165, 1.54) is 6.07 Å². The molecular weight excluding hydrogens is 277 g/mol. The number of carbonyl (C=O) groups is 2. The number of aromatic carboxylic acids is 1. The fourth-order valence-electron chi connectivity index (χ4n) is 2.40. The van der Waals surface area contributed by atoms with E-state index in [4.69, 9.17) is 5.11 Å². The molecular formula is C14H18FN3O3. The Morgan fingerprint density at radius 1 is 1.48 bits per heavy atom. The van der Waals surface area contributed by atoms with Crippen molar-refractivity contribution in [2.24, 2.45) is 5.92 Å². The van der Waals surface area contributed by atoms with Crippen LogP contribution in [0.25, 0.3) is 0 Å². The van der Waals surface area contributed by atoms with Crippen molar-refractivity contribution < 1.29 is 19.1 Å². The first-order valence-electron chi connectivity index (χ1n) is 6.72. The van der Waals surface area contributed by atoms with Crippen LogP contribution >= 0.6 is 0 Å². The van der Waals surface area contributed by atoms with Crippen LogP contribution in [-0.4, -0.2) is 48.7 Å². The smallest absolute Gasteiger partial charge is 0.337 e. The van der Waals surface area contributed by atoms with Gasteiger partial charge in [0.25, 0.3) is 0 Å². The van der Waals surface area contributed by atoms with Crippen LogP contribution in [0.1, 0.15) is 16.8 Å². The summed E-state index contributed by atoms with van der Waals surface area (Å²) < 4.78 is 13.0. The van der Waals surface area contributed by atoms with Crippen LogP contribution in [0.4, 0.5) is 14.9 Å². The van der Waals surface area contributed by atoms with Crippen LogP contribution in [0, 0.1) is 11.7 Å². The minimum Gasteiger partial charge on any atom is -0.478 e. The molecule has 0 saturated carbocycles. The van der Waals surface area contributed by atoms with Crippen molar-refractivity contribution in [3.63, 3.8) is 0 Å². The van der Waals surface area contributed by atoms with Crippen molar-refractivity contribution in [1.82, 2.24) is 10.2 Å². The maximum Gasteiger partial charge on any atom is 0.337 e. The largest absolute Gasteiger partial charge is 0.478 e. The van der Waals surface area contributed by atoms with E-state index in [0.717, 1.165) is 31.6 Å². The van der Waals surface area contributed by atoms with Gasteiger partial charge >= 0.3 is 12.0 Å². The number of likely N-dealkylation sites (tertiary alicyclic amines) is 1. The van der Waals surface area contributed by atoms with Gasteiger partial charge in [-0.1, -0.05) is 0 Å². The summed E-state index contributed by atoms with van der Waals surface area (Å²) >= 11 is 0. The quantitative estimate of drug-likeness (QED) is 0.788. The molecule has 21 heavy (non-hydrogen) atoms. The molecule has 1 fully saturated rings. The molecule has 6 nitrogen and oxygen atoms in total. The molecule has 114 valence electrons. The van der Waals surface area contributed by atoms with Crippen molar-refractivity contribution in [2.45, 2.75) is 6.42 Å². The third kappa shape index (κ3) is 4.16. The van der Waals surface area contributed by atoms with Crippen LogP contribution in [0.2, 0.25) is 0 Å². The molecule has 1 aromatic carbocycles. The molecule has 1 aliphatic rings. The lowest BCUT2D eigenvalue weighted by Gasteiger charge is -2.13. The normalized spacial score (nSPS) is 18.5. The lowest BCUT2D eigenvalue weighted by molar-refractivity contribution is 0.0697. The number of carbonyl (C=O) groups excluding carboxylic acids is 1. The highest BCUT2D eigenvalue weighted by atomic mass is 19.1. The SMILES string of the molecule is CN1CCC(CNC(=O)Nc2ccc(F)cc2C(=O)O)C1. The van der Waals surface area contributed by atoms with E-state index < -0.39 is 17.8 Å². The van der Waals surface area contributed by atoms with E-state index in [1.54, 1.807) is 0 Å². The summed E-state index contributed by atoms with van der Waals surface area (Å²) in [4.78, 5) is 25.0. The third-order valence-corrected chi connectivity index (χ3v) is 3.50. The van der Waals surface area contributed by atoms with Crippen LogP contribution in [0.3, 0.4) is 0 Å². The monoisotopic (exact) mass is 295 g/mol. The number of rotatable bonds is 4. The zero-order valence-corrected chi connectivity index (χ0v) is 11.7. The zero-order valence-electron chi connectivity index (χ0n) is 11.7. The molecule has 0 aliphatic carbocycles. The Balaban J connectivity index is 1.92. The van der Waals surface area contributed by atoms with E-state index in [-0.39, 0.29) is 11.3 Å². The van der Waals surface area contributed by atoms with Gasteiger partial charge in [0, 0.05) is 13.1 Å². The van der Waals surface area contributed by atoms with Gasteiger partial charge in [0.2, 0.25) is 0 Å². The first-order valence-corrected chi connectivity index (χ1v) is 6.72. The fraction of sp³-hybridized carbons (Fsp3) is 0.429. The second-order valence-corrected chi connectivity index (χ2v) is 5.25. The van der Waals surface area contributed by atoms with Crippen molar-refractivity contribution in [3.05, 3.63) is 29.6 Å². The van der Waals surface area contributed by atoms with Crippen molar-refractivity contribution in [3.8, 4) is 0 Å². The number of anilines is 1. The minimum absolute atomic E-state index is 0.0740. The second kappa shape index (κ2) is 6.53. The van der Waals surface area contributed by atoms with E-state index in [2.05, 4.69) is 15.5 Å². The lowest BCUT2D eigenvalue weighted by atomic mass is 10.1. The predicted molar refractivity (Wildman–Crippen MR) is 76.0 cm³/mol. The van der Waals surface area contributed by atoms with Crippen molar-refractivity contribution >= 4 is 17.7 Å². The summed E-state index contributed by atoms with van der Waals surface area (Å²) in [6, 6.07) is 2.73. The molecule has 1 saturated heterocycles. The third-order valence-electron chi connectivity index (χ3n) is 3.50. The molecule has 0 aromatic heterocycles. The highest BCUT2D eigenvalue weighted by molar-refractivity contribution is 5.99. The Morgan fingerprint density at radius 3 is 2.86 bits per heavy atom. The second-order valence-electron chi connectivity index (χ2n) is 5.25. The van der Waals surface area contributed by atoms with E-state index in [9.17, 15) is 14.0 Å². The van der Waals surface area contributed by atoms with Gasteiger partial charge in [0.15, 0.2) is 0 Å². The molecule has 2 amide bonds. The average molecular weight is 295 g/mol. The van der Waals surface area contributed by atoms with Gasteiger partial charge < -0.3 is 20.6 Å².